The first-order valence-corrected chi connectivity index (χ1v) is 7.19. The fourth-order valence-corrected chi connectivity index (χ4v) is 2.82. The number of nitrogens with two attached hydrogens (primary N) is 1. The summed E-state index contributed by atoms with van der Waals surface area (Å²) < 4.78 is 13.7. The van der Waals surface area contributed by atoms with Crippen LogP contribution in [0, 0.1) is 5.82 Å². The molecule has 1 heterocycles. The second-order valence-electron chi connectivity index (χ2n) is 5.15. The number of benzene rings is 1. The zero-order chi connectivity index (χ0) is 13.7. The van der Waals surface area contributed by atoms with Crippen LogP contribution in [-0.4, -0.2) is 43.7 Å². The number of hydrogen-bond acceptors (Lipinski definition) is 3. The van der Waals surface area contributed by atoms with E-state index in [1.165, 1.54) is 6.07 Å². The zero-order valence-electron chi connectivity index (χ0n) is 11.7. The van der Waals surface area contributed by atoms with Gasteiger partial charge in [-0.2, -0.15) is 0 Å². The van der Waals surface area contributed by atoms with Gasteiger partial charge in [0, 0.05) is 38.8 Å². The van der Waals surface area contributed by atoms with Gasteiger partial charge in [-0.15, -0.1) is 0 Å². The molecule has 0 saturated carbocycles. The first-order valence-electron chi connectivity index (χ1n) is 7.19. The molecule has 1 unspecified atom stereocenters. The predicted molar refractivity (Wildman–Crippen MR) is 77.9 cm³/mol. The SMILES string of the molecule is CCCC(CN)N1CCN(c2ccccc2F)CC1. The minimum atomic E-state index is -0.125. The molecule has 1 aliphatic rings. The lowest BCUT2D eigenvalue weighted by Crippen LogP contribution is -2.52. The Morgan fingerprint density at radius 1 is 1.21 bits per heavy atom. The van der Waals surface area contributed by atoms with Crippen molar-refractivity contribution >= 4 is 5.69 Å². The standard InChI is InChI=1S/C15H24FN3/c1-2-5-13(12-17)18-8-10-19(11-9-18)15-7-4-3-6-14(15)16/h3-4,6-7,13H,2,5,8-12,17H2,1H3. The molecule has 106 valence electrons. The summed E-state index contributed by atoms with van der Waals surface area (Å²) in [6.45, 7) is 6.60. The molecular weight excluding hydrogens is 241 g/mol. The average Bonchev–Trinajstić information content (AvgIpc) is 2.46. The highest BCUT2D eigenvalue weighted by atomic mass is 19.1. The van der Waals surface area contributed by atoms with E-state index in [2.05, 4.69) is 16.7 Å². The molecule has 1 fully saturated rings. The van der Waals surface area contributed by atoms with Crippen LogP contribution in [0.2, 0.25) is 0 Å². The van der Waals surface area contributed by atoms with E-state index in [1.54, 1.807) is 6.07 Å². The number of halogens is 1. The van der Waals surface area contributed by atoms with Crippen LogP contribution in [0.5, 0.6) is 0 Å². The van der Waals surface area contributed by atoms with Crippen molar-refractivity contribution in [3.8, 4) is 0 Å². The van der Waals surface area contributed by atoms with Crippen molar-refractivity contribution in [1.29, 1.82) is 0 Å². The van der Waals surface area contributed by atoms with Crippen molar-refractivity contribution in [3.05, 3.63) is 30.1 Å². The molecule has 2 N–H and O–H groups in total. The smallest absolute Gasteiger partial charge is 0.146 e. The van der Waals surface area contributed by atoms with Crippen LogP contribution in [0.1, 0.15) is 19.8 Å². The highest BCUT2D eigenvalue weighted by Crippen LogP contribution is 2.21. The molecule has 1 aromatic carbocycles. The summed E-state index contributed by atoms with van der Waals surface area (Å²) >= 11 is 0. The van der Waals surface area contributed by atoms with Gasteiger partial charge in [0.2, 0.25) is 0 Å². The molecule has 0 bridgehead atoms. The molecule has 1 saturated heterocycles. The summed E-state index contributed by atoms with van der Waals surface area (Å²) in [5.41, 5.74) is 6.57. The van der Waals surface area contributed by atoms with Crippen LogP contribution in [-0.2, 0) is 0 Å². The van der Waals surface area contributed by atoms with Crippen molar-refractivity contribution in [2.45, 2.75) is 25.8 Å². The van der Waals surface area contributed by atoms with Gasteiger partial charge in [0.05, 0.1) is 5.69 Å². The summed E-state index contributed by atoms with van der Waals surface area (Å²) in [4.78, 5) is 4.58. The topological polar surface area (TPSA) is 32.5 Å². The van der Waals surface area contributed by atoms with E-state index < -0.39 is 0 Å². The molecule has 1 aromatic rings. The van der Waals surface area contributed by atoms with Crippen molar-refractivity contribution < 1.29 is 4.39 Å². The summed E-state index contributed by atoms with van der Waals surface area (Å²) in [5.74, 6) is -0.125. The molecule has 0 radical (unpaired) electrons. The maximum absolute atomic E-state index is 13.7. The van der Waals surface area contributed by atoms with Gasteiger partial charge in [0.25, 0.3) is 0 Å². The largest absolute Gasteiger partial charge is 0.367 e. The van der Waals surface area contributed by atoms with Crippen LogP contribution in [0.3, 0.4) is 0 Å². The Hall–Kier alpha value is -1.13. The fourth-order valence-electron chi connectivity index (χ4n) is 2.82. The predicted octanol–water partition coefficient (Wildman–Crippen LogP) is 2.08. The monoisotopic (exact) mass is 265 g/mol. The number of piperazine rings is 1. The van der Waals surface area contributed by atoms with Crippen molar-refractivity contribution in [1.82, 2.24) is 4.90 Å². The first-order chi connectivity index (χ1) is 9.26. The molecular formula is C15H24FN3. The Labute approximate surface area is 115 Å². The van der Waals surface area contributed by atoms with E-state index in [0.717, 1.165) is 44.7 Å². The number of para-hydroxylation sites is 1. The molecule has 1 aliphatic heterocycles. The summed E-state index contributed by atoms with van der Waals surface area (Å²) in [7, 11) is 0. The first kappa shape index (κ1) is 14.3. The molecule has 19 heavy (non-hydrogen) atoms. The molecule has 0 amide bonds. The second kappa shape index (κ2) is 6.87. The lowest BCUT2D eigenvalue weighted by atomic mass is 10.1. The minimum Gasteiger partial charge on any atom is -0.367 e. The average molecular weight is 265 g/mol. The van der Waals surface area contributed by atoms with Crippen LogP contribution in [0.25, 0.3) is 0 Å². The van der Waals surface area contributed by atoms with E-state index in [9.17, 15) is 4.39 Å². The van der Waals surface area contributed by atoms with Crippen molar-refractivity contribution in [2.75, 3.05) is 37.6 Å². The minimum absolute atomic E-state index is 0.125. The van der Waals surface area contributed by atoms with E-state index in [4.69, 9.17) is 5.73 Å². The third-order valence-corrected chi connectivity index (χ3v) is 3.92. The van der Waals surface area contributed by atoms with Gasteiger partial charge < -0.3 is 10.6 Å². The summed E-state index contributed by atoms with van der Waals surface area (Å²) in [6, 6.07) is 7.50. The second-order valence-corrected chi connectivity index (χ2v) is 5.15. The molecule has 0 spiro atoms. The van der Waals surface area contributed by atoms with Crippen LogP contribution >= 0.6 is 0 Å². The molecule has 1 atom stereocenters. The van der Waals surface area contributed by atoms with Gasteiger partial charge in [-0.05, 0) is 18.6 Å². The van der Waals surface area contributed by atoms with Gasteiger partial charge >= 0.3 is 0 Å². The molecule has 4 heteroatoms. The Kier molecular flexibility index (Phi) is 5.16. The van der Waals surface area contributed by atoms with Crippen molar-refractivity contribution in [2.24, 2.45) is 5.73 Å². The molecule has 0 aliphatic carbocycles. The fraction of sp³-hybridized carbons (Fsp3) is 0.600. The summed E-state index contributed by atoms with van der Waals surface area (Å²) in [6.07, 6.45) is 2.31. The highest BCUT2D eigenvalue weighted by molar-refractivity contribution is 5.48. The Morgan fingerprint density at radius 2 is 1.89 bits per heavy atom. The maximum atomic E-state index is 13.7. The highest BCUT2D eigenvalue weighted by Gasteiger charge is 2.23. The number of nitrogens with zero attached hydrogens (tertiary/aromatic N) is 2. The van der Waals surface area contributed by atoms with Crippen LogP contribution in [0.4, 0.5) is 10.1 Å². The van der Waals surface area contributed by atoms with Gasteiger partial charge in [-0.1, -0.05) is 25.5 Å². The lowest BCUT2D eigenvalue weighted by molar-refractivity contribution is 0.179. The van der Waals surface area contributed by atoms with E-state index in [-0.39, 0.29) is 5.82 Å². The quantitative estimate of drug-likeness (QED) is 0.884. The van der Waals surface area contributed by atoms with Crippen molar-refractivity contribution in [3.63, 3.8) is 0 Å². The Bertz CT molecular complexity index is 389. The number of rotatable bonds is 5. The maximum Gasteiger partial charge on any atom is 0.146 e. The van der Waals surface area contributed by atoms with Gasteiger partial charge in [-0.25, -0.2) is 4.39 Å². The normalized spacial score (nSPS) is 18.6. The molecule has 0 aromatic heterocycles. The number of hydrogen-bond donors (Lipinski definition) is 1. The van der Waals surface area contributed by atoms with Crippen LogP contribution < -0.4 is 10.6 Å². The number of anilines is 1. The summed E-state index contributed by atoms with van der Waals surface area (Å²) in [5, 5.41) is 0. The third kappa shape index (κ3) is 3.45. The van der Waals surface area contributed by atoms with Crippen LogP contribution in [0.15, 0.2) is 24.3 Å². The van der Waals surface area contributed by atoms with E-state index in [0.29, 0.717) is 12.6 Å². The zero-order valence-corrected chi connectivity index (χ0v) is 11.7. The van der Waals surface area contributed by atoms with Gasteiger partial charge in [0.1, 0.15) is 5.82 Å². The lowest BCUT2D eigenvalue weighted by Gasteiger charge is -2.40. The van der Waals surface area contributed by atoms with E-state index >= 15 is 0 Å². The Morgan fingerprint density at radius 3 is 2.47 bits per heavy atom. The Balaban J connectivity index is 1.94. The molecule has 2 rings (SSSR count). The van der Waals surface area contributed by atoms with E-state index in [1.807, 2.05) is 12.1 Å². The van der Waals surface area contributed by atoms with Gasteiger partial charge in [-0.3, -0.25) is 4.90 Å². The third-order valence-electron chi connectivity index (χ3n) is 3.92. The van der Waals surface area contributed by atoms with Gasteiger partial charge in [0.15, 0.2) is 0 Å². The molecule has 3 nitrogen and oxygen atoms in total.